The first-order valence-corrected chi connectivity index (χ1v) is 2.84. The SMILES string of the molecule is CC(NF)C(C)(C)C. The minimum absolute atomic E-state index is 0.0226. The fraction of sp³-hybridized carbons (Fsp3) is 1.00. The molecule has 0 spiro atoms. The molecule has 0 rings (SSSR count). The molecule has 0 heterocycles. The maximum absolute atomic E-state index is 11.6. The van der Waals surface area contributed by atoms with Gasteiger partial charge in [0.2, 0.25) is 0 Å². The summed E-state index contributed by atoms with van der Waals surface area (Å²) in [4.78, 5) is 0. The van der Waals surface area contributed by atoms with Gasteiger partial charge in [0.05, 0.1) is 0 Å². The molecule has 0 aliphatic rings. The van der Waals surface area contributed by atoms with Crippen LogP contribution in [0.1, 0.15) is 27.7 Å². The van der Waals surface area contributed by atoms with Crippen LogP contribution in [0.2, 0.25) is 0 Å². The maximum atomic E-state index is 11.6. The van der Waals surface area contributed by atoms with Gasteiger partial charge in [0.1, 0.15) is 0 Å². The van der Waals surface area contributed by atoms with Gasteiger partial charge in [-0.25, -0.2) is 0 Å². The largest absolute Gasteiger partial charge is 0.156 e. The molecule has 1 N–H and O–H groups in total. The van der Waals surface area contributed by atoms with Crippen LogP contribution in [0.25, 0.3) is 0 Å². The van der Waals surface area contributed by atoms with Gasteiger partial charge in [0.15, 0.2) is 0 Å². The Morgan fingerprint density at radius 1 is 1.38 bits per heavy atom. The topological polar surface area (TPSA) is 12.0 Å². The molecule has 0 saturated carbocycles. The van der Waals surface area contributed by atoms with Gasteiger partial charge in [-0.05, 0) is 12.3 Å². The third kappa shape index (κ3) is 2.26. The van der Waals surface area contributed by atoms with Gasteiger partial charge in [0, 0.05) is 6.04 Å². The summed E-state index contributed by atoms with van der Waals surface area (Å²) in [7, 11) is 0. The fourth-order valence-corrected chi connectivity index (χ4v) is 0.164. The lowest BCUT2D eigenvalue weighted by Crippen LogP contribution is -2.32. The van der Waals surface area contributed by atoms with Crippen molar-refractivity contribution < 1.29 is 4.48 Å². The van der Waals surface area contributed by atoms with Crippen molar-refractivity contribution in [1.29, 1.82) is 0 Å². The van der Waals surface area contributed by atoms with Crippen molar-refractivity contribution in [1.82, 2.24) is 5.54 Å². The standard InChI is InChI=1S/C6H14FN/c1-5(8-7)6(2,3)4/h5,8H,1-4H3. The predicted octanol–water partition coefficient (Wildman–Crippen LogP) is 1.90. The van der Waals surface area contributed by atoms with E-state index in [0.717, 1.165) is 0 Å². The number of rotatable bonds is 1. The Balaban J connectivity index is 3.62. The molecule has 1 atom stereocenters. The van der Waals surface area contributed by atoms with E-state index in [1.807, 2.05) is 27.7 Å². The Morgan fingerprint density at radius 3 is 1.75 bits per heavy atom. The number of hydrogen-bond acceptors (Lipinski definition) is 1. The van der Waals surface area contributed by atoms with Crippen molar-refractivity contribution in [2.75, 3.05) is 0 Å². The lowest BCUT2D eigenvalue weighted by Gasteiger charge is -2.23. The van der Waals surface area contributed by atoms with Crippen LogP contribution in [0, 0.1) is 5.41 Å². The summed E-state index contributed by atoms with van der Waals surface area (Å²) >= 11 is 0. The zero-order chi connectivity index (χ0) is 6.78. The third-order valence-corrected chi connectivity index (χ3v) is 1.46. The van der Waals surface area contributed by atoms with E-state index in [9.17, 15) is 4.48 Å². The molecule has 0 amide bonds. The molecule has 1 nitrogen and oxygen atoms in total. The highest BCUT2D eigenvalue weighted by atomic mass is 19.2. The van der Waals surface area contributed by atoms with Gasteiger partial charge >= 0.3 is 0 Å². The first-order chi connectivity index (χ1) is 3.48. The van der Waals surface area contributed by atoms with E-state index in [1.54, 1.807) is 5.54 Å². The van der Waals surface area contributed by atoms with E-state index in [1.165, 1.54) is 0 Å². The summed E-state index contributed by atoms with van der Waals surface area (Å²) in [5, 5.41) is 0. The minimum Gasteiger partial charge on any atom is -0.156 e. The summed E-state index contributed by atoms with van der Waals surface area (Å²) < 4.78 is 11.6. The molecule has 50 valence electrons. The Labute approximate surface area is 50.2 Å². The van der Waals surface area contributed by atoms with Crippen molar-refractivity contribution in [3.8, 4) is 0 Å². The van der Waals surface area contributed by atoms with Gasteiger partial charge in [-0.15, -0.1) is 4.48 Å². The summed E-state index contributed by atoms with van der Waals surface area (Å²) in [5.74, 6) is 0. The van der Waals surface area contributed by atoms with Crippen molar-refractivity contribution in [3.05, 3.63) is 0 Å². The highest BCUT2D eigenvalue weighted by Crippen LogP contribution is 2.17. The predicted molar refractivity (Wildman–Crippen MR) is 33.2 cm³/mol. The van der Waals surface area contributed by atoms with Crippen LogP contribution >= 0.6 is 0 Å². The van der Waals surface area contributed by atoms with E-state index >= 15 is 0 Å². The van der Waals surface area contributed by atoms with E-state index in [0.29, 0.717) is 0 Å². The molecule has 0 aromatic rings. The molecule has 8 heavy (non-hydrogen) atoms. The summed E-state index contributed by atoms with van der Waals surface area (Å²) in [6, 6.07) is -0.0671. The van der Waals surface area contributed by atoms with Crippen LogP contribution < -0.4 is 5.54 Å². The van der Waals surface area contributed by atoms with Gasteiger partial charge in [0.25, 0.3) is 0 Å². The molecule has 0 bridgehead atoms. The molecule has 0 radical (unpaired) electrons. The Hall–Kier alpha value is -0.110. The van der Waals surface area contributed by atoms with Crippen molar-refractivity contribution >= 4 is 0 Å². The molecule has 0 aromatic carbocycles. The van der Waals surface area contributed by atoms with Crippen LogP contribution in [-0.2, 0) is 0 Å². The minimum atomic E-state index is -0.0671. The van der Waals surface area contributed by atoms with E-state index < -0.39 is 0 Å². The average Bonchev–Trinajstić information content (AvgIpc) is 1.62. The van der Waals surface area contributed by atoms with Crippen LogP contribution in [0.15, 0.2) is 0 Å². The van der Waals surface area contributed by atoms with Gasteiger partial charge in [-0.3, -0.25) is 0 Å². The van der Waals surface area contributed by atoms with Gasteiger partial charge in [-0.2, -0.15) is 5.54 Å². The second-order valence-corrected chi connectivity index (χ2v) is 3.20. The molecular formula is C6H14FN. The molecule has 2 heteroatoms. The summed E-state index contributed by atoms with van der Waals surface area (Å²) in [6.45, 7) is 7.79. The second kappa shape index (κ2) is 2.44. The highest BCUT2D eigenvalue weighted by molar-refractivity contribution is 4.72. The number of nitrogens with one attached hydrogen (secondary N) is 1. The lowest BCUT2D eigenvalue weighted by atomic mass is 9.89. The quantitative estimate of drug-likeness (QED) is 0.520. The first kappa shape index (κ1) is 7.89. The number of hydrogen-bond donors (Lipinski definition) is 1. The maximum Gasteiger partial charge on any atom is 0.0391 e. The Kier molecular flexibility index (Phi) is 2.41. The molecule has 0 fully saturated rings. The third-order valence-electron chi connectivity index (χ3n) is 1.46. The molecule has 0 saturated heterocycles. The lowest BCUT2D eigenvalue weighted by molar-refractivity contribution is 0.179. The van der Waals surface area contributed by atoms with Crippen LogP contribution in [0.3, 0.4) is 0 Å². The van der Waals surface area contributed by atoms with Crippen LogP contribution in [-0.4, -0.2) is 6.04 Å². The molecule has 1 unspecified atom stereocenters. The molecule has 0 aliphatic carbocycles. The Morgan fingerprint density at radius 2 is 1.75 bits per heavy atom. The Bertz CT molecular complexity index is 65.4. The van der Waals surface area contributed by atoms with Crippen molar-refractivity contribution in [2.45, 2.75) is 33.7 Å². The summed E-state index contributed by atoms with van der Waals surface area (Å²) in [5.41, 5.74) is 1.73. The van der Waals surface area contributed by atoms with Gasteiger partial charge in [-0.1, -0.05) is 20.8 Å². The van der Waals surface area contributed by atoms with E-state index in [-0.39, 0.29) is 11.5 Å². The molecule has 0 aromatic heterocycles. The normalized spacial score (nSPS) is 16.1. The van der Waals surface area contributed by atoms with Crippen LogP contribution in [0.5, 0.6) is 0 Å². The zero-order valence-electron chi connectivity index (χ0n) is 5.96. The van der Waals surface area contributed by atoms with E-state index in [2.05, 4.69) is 0 Å². The molecular weight excluding hydrogens is 105 g/mol. The summed E-state index contributed by atoms with van der Waals surface area (Å²) in [6.07, 6.45) is 0. The fourth-order valence-electron chi connectivity index (χ4n) is 0.164. The van der Waals surface area contributed by atoms with Crippen molar-refractivity contribution in [2.24, 2.45) is 5.41 Å². The smallest absolute Gasteiger partial charge is 0.0391 e. The average molecular weight is 119 g/mol. The monoisotopic (exact) mass is 119 g/mol. The van der Waals surface area contributed by atoms with Gasteiger partial charge < -0.3 is 0 Å². The number of halogens is 1. The second-order valence-electron chi connectivity index (χ2n) is 3.20. The first-order valence-electron chi connectivity index (χ1n) is 2.84. The van der Waals surface area contributed by atoms with Crippen molar-refractivity contribution in [3.63, 3.8) is 0 Å². The van der Waals surface area contributed by atoms with E-state index in [4.69, 9.17) is 0 Å². The van der Waals surface area contributed by atoms with Crippen LogP contribution in [0.4, 0.5) is 4.48 Å². The highest BCUT2D eigenvalue weighted by Gasteiger charge is 2.18. The zero-order valence-corrected chi connectivity index (χ0v) is 5.96. The molecule has 0 aliphatic heterocycles.